The normalized spacial score (nSPS) is 10.6. The van der Waals surface area contributed by atoms with Gasteiger partial charge in [0.2, 0.25) is 0 Å². The second-order valence-electron chi connectivity index (χ2n) is 7.29. The number of rotatable bonds is 4. The monoisotopic (exact) mass is 478 g/mol. The van der Waals surface area contributed by atoms with Crippen LogP contribution in [0.1, 0.15) is 15.9 Å². The van der Waals surface area contributed by atoms with E-state index in [1.54, 1.807) is 54.6 Å². The topological polar surface area (TPSA) is 80.6 Å². The standard InChI is InChI=1S/C25H19ClN2O4S/c1-14-7-9-17(19(26)11-14)23(29)28-25(33)27-20-13-15(8-10-22(20)31-2)18-12-16-5-3-4-6-21(16)32-24(18)30/h3-13H,1-2H3,(H2,27,28,29,33). The molecule has 1 heterocycles. The van der Waals surface area contributed by atoms with Crippen molar-refractivity contribution in [2.24, 2.45) is 0 Å². The van der Waals surface area contributed by atoms with Gasteiger partial charge in [-0.05, 0) is 66.7 Å². The summed E-state index contributed by atoms with van der Waals surface area (Å²) in [4.78, 5) is 25.1. The quantitative estimate of drug-likeness (QED) is 0.295. The van der Waals surface area contributed by atoms with Gasteiger partial charge in [0.25, 0.3) is 5.91 Å². The zero-order valence-electron chi connectivity index (χ0n) is 17.8. The van der Waals surface area contributed by atoms with E-state index in [9.17, 15) is 9.59 Å². The number of ether oxygens (including phenoxy) is 1. The summed E-state index contributed by atoms with van der Waals surface area (Å²) in [5, 5.41) is 6.76. The Labute approximate surface area is 200 Å². The predicted octanol–water partition coefficient (Wildman–Crippen LogP) is 5.56. The summed E-state index contributed by atoms with van der Waals surface area (Å²) >= 11 is 11.5. The third-order valence-corrected chi connectivity index (χ3v) is 5.51. The summed E-state index contributed by atoms with van der Waals surface area (Å²) in [5.74, 6) is 0.0386. The van der Waals surface area contributed by atoms with Gasteiger partial charge in [0.1, 0.15) is 11.3 Å². The van der Waals surface area contributed by atoms with Crippen molar-refractivity contribution in [2.75, 3.05) is 12.4 Å². The molecule has 0 radical (unpaired) electrons. The van der Waals surface area contributed by atoms with Gasteiger partial charge in [-0.2, -0.15) is 0 Å². The lowest BCUT2D eigenvalue weighted by Gasteiger charge is -2.14. The molecule has 0 unspecified atom stereocenters. The smallest absolute Gasteiger partial charge is 0.344 e. The summed E-state index contributed by atoms with van der Waals surface area (Å²) in [7, 11) is 1.51. The van der Waals surface area contributed by atoms with Crippen LogP contribution < -0.4 is 21.0 Å². The molecule has 0 aliphatic rings. The maximum atomic E-state index is 12.6. The van der Waals surface area contributed by atoms with Crippen molar-refractivity contribution in [3.05, 3.63) is 93.3 Å². The van der Waals surface area contributed by atoms with Crippen molar-refractivity contribution >= 4 is 51.5 Å². The van der Waals surface area contributed by atoms with Crippen molar-refractivity contribution in [2.45, 2.75) is 6.92 Å². The molecule has 0 saturated heterocycles. The van der Waals surface area contributed by atoms with E-state index >= 15 is 0 Å². The highest BCUT2D eigenvalue weighted by atomic mass is 35.5. The number of thiocarbonyl (C=S) groups is 1. The number of hydrogen-bond acceptors (Lipinski definition) is 5. The highest BCUT2D eigenvalue weighted by Gasteiger charge is 2.15. The third kappa shape index (κ3) is 4.89. The average Bonchev–Trinajstić information content (AvgIpc) is 2.78. The van der Waals surface area contributed by atoms with Crippen LogP contribution in [0.3, 0.4) is 0 Å². The molecule has 1 amide bonds. The lowest BCUT2D eigenvalue weighted by atomic mass is 10.0. The van der Waals surface area contributed by atoms with E-state index < -0.39 is 11.5 Å². The van der Waals surface area contributed by atoms with Gasteiger partial charge in [-0.15, -0.1) is 0 Å². The van der Waals surface area contributed by atoms with Gasteiger partial charge in [-0.25, -0.2) is 4.79 Å². The maximum absolute atomic E-state index is 12.6. The fourth-order valence-corrected chi connectivity index (χ4v) is 3.89. The molecule has 0 aliphatic carbocycles. The summed E-state index contributed by atoms with van der Waals surface area (Å²) in [6.07, 6.45) is 0. The van der Waals surface area contributed by atoms with Gasteiger partial charge in [-0.1, -0.05) is 41.9 Å². The Balaban J connectivity index is 1.61. The number of carbonyl (C=O) groups is 1. The van der Waals surface area contributed by atoms with E-state index in [2.05, 4.69) is 10.6 Å². The van der Waals surface area contributed by atoms with Crippen LogP contribution in [-0.2, 0) is 0 Å². The van der Waals surface area contributed by atoms with E-state index in [1.165, 1.54) is 7.11 Å². The molecule has 0 fully saturated rings. The van der Waals surface area contributed by atoms with E-state index in [1.807, 2.05) is 19.1 Å². The minimum Gasteiger partial charge on any atom is -0.495 e. The van der Waals surface area contributed by atoms with Crippen LogP contribution >= 0.6 is 23.8 Å². The number of anilines is 1. The molecule has 0 saturated carbocycles. The summed E-state index contributed by atoms with van der Waals surface area (Å²) < 4.78 is 10.8. The zero-order valence-corrected chi connectivity index (χ0v) is 19.3. The number of fused-ring (bicyclic) bond motifs is 1. The number of nitrogens with one attached hydrogen (secondary N) is 2. The first kappa shape index (κ1) is 22.5. The van der Waals surface area contributed by atoms with Gasteiger partial charge in [0.05, 0.1) is 28.9 Å². The molecular weight excluding hydrogens is 460 g/mol. The van der Waals surface area contributed by atoms with Crippen LogP contribution in [0, 0.1) is 6.92 Å². The lowest BCUT2D eigenvalue weighted by molar-refractivity contribution is 0.0978. The molecule has 166 valence electrons. The fraction of sp³-hybridized carbons (Fsp3) is 0.0800. The van der Waals surface area contributed by atoms with Crippen LogP contribution in [0.4, 0.5) is 5.69 Å². The molecule has 2 N–H and O–H groups in total. The van der Waals surface area contributed by atoms with Gasteiger partial charge in [0.15, 0.2) is 5.11 Å². The Morgan fingerprint density at radius 1 is 1.06 bits per heavy atom. The number of amides is 1. The Kier molecular flexibility index (Phi) is 6.44. The Morgan fingerprint density at radius 3 is 2.61 bits per heavy atom. The Bertz CT molecular complexity index is 1450. The first-order valence-corrected chi connectivity index (χ1v) is 10.7. The van der Waals surface area contributed by atoms with Crippen LogP contribution in [0.2, 0.25) is 5.02 Å². The van der Waals surface area contributed by atoms with Gasteiger partial charge < -0.3 is 14.5 Å². The Morgan fingerprint density at radius 2 is 1.85 bits per heavy atom. The van der Waals surface area contributed by atoms with E-state index in [-0.39, 0.29) is 5.11 Å². The molecule has 6 nitrogen and oxygen atoms in total. The van der Waals surface area contributed by atoms with Crippen LogP contribution in [0.5, 0.6) is 5.75 Å². The molecule has 8 heteroatoms. The SMILES string of the molecule is COc1ccc(-c2cc3ccccc3oc2=O)cc1NC(=S)NC(=O)c1ccc(C)cc1Cl. The highest BCUT2D eigenvalue weighted by Crippen LogP contribution is 2.30. The largest absolute Gasteiger partial charge is 0.495 e. The van der Waals surface area contributed by atoms with Gasteiger partial charge >= 0.3 is 5.63 Å². The summed E-state index contributed by atoms with van der Waals surface area (Å²) in [5.41, 5.74) is 2.77. The number of carbonyl (C=O) groups excluding carboxylic acids is 1. The van der Waals surface area contributed by atoms with Gasteiger partial charge in [0, 0.05) is 5.39 Å². The summed E-state index contributed by atoms with van der Waals surface area (Å²) in [6, 6.07) is 19.3. The molecule has 0 spiro atoms. The van der Waals surface area contributed by atoms with E-state index in [0.717, 1.165) is 10.9 Å². The van der Waals surface area contributed by atoms with Crippen LogP contribution in [-0.4, -0.2) is 18.1 Å². The van der Waals surface area contributed by atoms with Crippen molar-refractivity contribution in [3.63, 3.8) is 0 Å². The molecule has 0 atom stereocenters. The van der Waals surface area contributed by atoms with Gasteiger partial charge in [-0.3, -0.25) is 10.1 Å². The minimum absolute atomic E-state index is 0.0534. The van der Waals surface area contributed by atoms with E-state index in [0.29, 0.717) is 38.7 Å². The second kappa shape index (κ2) is 9.44. The second-order valence-corrected chi connectivity index (χ2v) is 8.11. The van der Waals surface area contributed by atoms with Crippen molar-refractivity contribution in [3.8, 4) is 16.9 Å². The Hall–Kier alpha value is -3.68. The molecule has 1 aromatic heterocycles. The molecule has 3 aromatic carbocycles. The number of methoxy groups -OCH3 is 1. The zero-order chi connectivity index (χ0) is 23.5. The van der Waals surface area contributed by atoms with Crippen LogP contribution in [0.25, 0.3) is 22.1 Å². The molecule has 0 aliphatic heterocycles. The maximum Gasteiger partial charge on any atom is 0.344 e. The minimum atomic E-state index is -0.463. The first-order chi connectivity index (χ1) is 15.9. The van der Waals surface area contributed by atoms with Crippen LogP contribution in [0.15, 0.2) is 75.9 Å². The molecule has 4 rings (SSSR count). The molecule has 0 bridgehead atoms. The number of para-hydroxylation sites is 1. The number of hydrogen-bond donors (Lipinski definition) is 2. The molecular formula is C25H19ClN2O4S. The predicted molar refractivity (Wildman–Crippen MR) is 134 cm³/mol. The van der Waals surface area contributed by atoms with E-state index in [4.69, 9.17) is 33.0 Å². The molecule has 33 heavy (non-hydrogen) atoms. The number of benzene rings is 3. The third-order valence-electron chi connectivity index (χ3n) is 5.00. The number of aryl methyl sites for hydroxylation is 1. The van der Waals surface area contributed by atoms with Crippen molar-refractivity contribution in [1.29, 1.82) is 0 Å². The highest BCUT2D eigenvalue weighted by molar-refractivity contribution is 7.80. The first-order valence-electron chi connectivity index (χ1n) is 9.95. The number of halogens is 1. The molecule has 4 aromatic rings. The van der Waals surface area contributed by atoms with Crippen molar-refractivity contribution in [1.82, 2.24) is 5.32 Å². The summed E-state index contributed by atoms with van der Waals surface area (Å²) in [6.45, 7) is 1.88. The fourth-order valence-electron chi connectivity index (χ4n) is 3.36. The lowest BCUT2D eigenvalue weighted by Crippen LogP contribution is -2.34. The average molecular weight is 479 g/mol. The van der Waals surface area contributed by atoms with Crippen molar-refractivity contribution < 1.29 is 13.9 Å².